The first-order valence-electron chi connectivity index (χ1n) is 9.75. The zero-order chi connectivity index (χ0) is 15.5. The van der Waals surface area contributed by atoms with Gasteiger partial charge in [-0.25, -0.2) is 0 Å². The maximum absolute atomic E-state index is 3.53. The normalized spacial score (nSPS) is 45.9. The van der Waals surface area contributed by atoms with Crippen molar-refractivity contribution in [2.75, 3.05) is 39.3 Å². The number of nitrogens with one attached hydrogen (secondary N) is 6. The van der Waals surface area contributed by atoms with E-state index in [1.54, 1.807) is 0 Å². The Labute approximate surface area is 140 Å². The van der Waals surface area contributed by atoms with Crippen molar-refractivity contribution in [3.8, 4) is 0 Å². The highest BCUT2D eigenvalue weighted by molar-refractivity contribution is 4.94. The first-order valence-corrected chi connectivity index (χ1v) is 9.75. The Morgan fingerprint density at radius 1 is 0.435 bits per heavy atom. The topological polar surface area (TPSA) is 72.2 Å². The summed E-state index contributed by atoms with van der Waals surface area (Å²) in [4.78, 5) is 0. The molecule has 0 saturated carbocycles. The fourth-order valence-electron chi connectivity index (χ4n) is 4.67. The lowest BCUT2D eigenvalue weighted by atomic mass is 9.96. The summed E-state index contributed by atoms with van der Waals surface area (Å²) in [5.74, 6) is 0. The molecule has 7 saturated heterocycles. The van der Waals surface area contributed by atoms with E-state index < -0.39 is 0 Å². The summed E-state index contributed by atoms with van der Waals surface area (Å²) >= 11 is 0. The lowest BCUT2D eigenvalue weighted by Gasteiger charge is -2.37. The minimum atomic E-state index is 0.792. The molecule has 0 aliphatic carbocycles. The largest absolute Gasteiger partial charge is 0.314 e. The van der Waals surface area contributed by atoms with E-state index in [0.717, 1.165) is 36.3 Å². The van der Waals surface area contributed by atoms with Gasteiger partial charge in [0.25, 0.3) is 0 Å². The molecule has 7 aliphatic heterocycles. The summed E-state index contributed by atoms with van der Waals surface area (Å²) in [6.45, 7) is 7.18. The van der Waals surface area contributed by atoms with Crippen molar-refractivity contribution in [2.24, 2.45) is 0 Å². The Balaban J connectivity index is 0.0000000884. The molecular weight excluding hydrogens is 288 g/mol. The van der Waals surface area contributed by atoms with Gasteiger partial charge in [0.15, 0.2) is 0 Å². The van der Waals surface area contributed by atoms with Crippen LogP contribution in [0.3, 0.4) is 0 Å². The molecule has 7 rings (SSSR count). The van der Waals surface area contributed by atoms with Gasteiger partial charge in [0.1, 0.15) is 0 Å². The average Bonchev–Trinajstić information content (AvgIpc) is 3.36. The van der Waals surface area contributed by atoms with Crippen LogP contribution in [0.5, 0.6) is 0 Å². The summed E-state index contributed by atoms with van der Waals surface area (Å²) < 4.78 is 0. The molecular formula is C17H34N6. The number of hydrogen-bond donors (Lipinski definition) is 6. The van der Waals surface area contributed by atoms with E-state index >= 15 is 0 Å². The van der Waals surface area contributed by atoms with Crippen molar-refractivity contribution in [1.29, 1.82) is 0 Å². The van der Waals surface area contributed by atoms with Crippen molar-refractivity contribution in [3.63, 3.8) is 0 Å². The first-order chi connectivity index (χ1) is 11.3. The SMILES string of the molecule is C1CC2CNC1CN2.C1CC2CNCC1N2.C1NC2CNC1C2. The van der Waals surface area contributed by atoms with Crippen molar-refractivity contribution >= 4 is 0 Å². The minimum absolute atomic E-state index is 0.792. The van der Waals surface area contributed by atoms with Crippen LogP contribution in [-0.4, -0.2) is 75.5 Å². The second-order valence-electron chi connectivity index (χ2n) is 8.03. The van der Waals surface area contributed by atoms with Gasteiger partial charge in [0.05, 0.1) is 0 Å². The molecule has 23 heavy (non-hydrogen) atoms. The van der Waals surface area contributed by atoms with Gasteiger partial charge in [0.2, 0.25) is 0 Å². The molecule has 0 spiro atoms. The third-order valence-corrected chi connectivity index (χ3v) is 6.16. The molecule has 6 nitrogen and oxygen atoms in total. The lowest BCUT2D eigenvalue weighted by Crippen LogP contribution is -2.58. The number of rotatable bonds is 0. The highest BCUT2D eigenvalue weighted by Crippen LogP contribution is 2.14. The van der Waals surface area contributed by atoms with Crippen LogP contribution in [0.15, 0.2) is 0 Å². The molecule has 6 bridgehead atoms. The van der Waals surface area contributed by atoms with Crippen molar-refractivity contribution in [1.82, 2.24) is 31.9 Å². The summed E-state index contributed by atoms with van der Waals surface area (Å²) in [6, 6.07) is 4.80. The van der Waals surface area contributed by atoms with Gasteiger partial charge in [-0.2, -0.15) is 0 Å². The summed E-state index contributed by atoms with van der Waals surface area (Å²) in [5, 5.41) is 20.6. The summed E-state index contributed by atoms with van der Waals surface area (Å²) in [7, 11) is 0. The van der Waals surface area contributed by atoms with Gasteiger partial charge < -0.3 is 31.9 Å². The van der Waals surface area contributed by atoms with Gasteiger partial charge >= 0.3 is 0 Å². The van der Waals surface area contributed by atoms with E-state index in [-0.39, 0.29) is 0 Å². The van der Waals surface area contributed by atoms with Gasteiger partial charge in [-0.15, -0.1) is 0 Å². The third kappa shape index (κ3) is 4.44. The molecule has 0 aromatic carbocycles. The molecule has 7 heterocycles. The Morgan fingerprint density at radius 3 is 1.13 bits per heavy atom. The van der Waals surface area contributed by atoms with Crippen LogP contribution in [0.4, 0.5) is 0 Å². The molecule has 7 aliphatic rings. The maximum Gasteiger partial charge on any atom is 0.0208 e. The van der Waals surface area contributed by atoms with Gasteiger partial charge in [0, 0.05) is 75.5 Å². The Kier molecular flexibility index (Phi) is 5.48. The standard InChI is InChI=1S/2C6H12N2.C5H10N2/c1-2-6-4-7-5(1)3-8-6;1-2-6-4-7-3-5(1)8-6;1-4-2-6-5(1)3-7-4/h2*5-8H,1-4H2;4-7H,1-3H2. The van der Waals surface area contributed by atoms with Crippen LogP contribution in [0, 0.1) is 0 Å². The minimum Gasteiger partial charge on any atom is -0.314 e. The number of hydrogen-bond acceptors (Lipinski definition) is 6. The van der Waals surface area contributed by atoms with E-state index in [4.69, 9.17) is 0 Å². The molecule has 132 valence electrons. The van der Waals surface area contributed by atoms with Gasteiger partial charge in [-0.3, -0.25) is 0 Å². The number of piperazine rings is 3. The van der Waals surface area contributed by atoms with Crippen LogP contribution in [0.2, 0.25) is 0 Å². The van der Waals surface area contributed by atoms with E-state index in [9.17, 15) is 0 Å². The number of piperidine rings is 2. The predicted molar refractivity (Wildman–Crippen MR) is 93.8 cm³/mol. The second kappa shape index (κ2) is 7.76. The lowest BCUT2D eigenvalue weighted by molar-refractivity contribution is 0.251. The first kappa shape index (κ1) is 16.2. The molecule has 6 N–H and O–H groups in total. The molecule has 0 aromatic rings. The second-order valence-corrected chi connectivity index (χ2v) is 8.03. The van der Waals surface area contributed by atoms with Crippen molar-refractivity contribution in [3.05, 3.63) is 0 Å². The van der Waals surface area contributed by atoms with Crippen LogP contribution >= 0.6 is 0 Å². The molecule has 6 heteroatoms. The summed E-state index contributed by atoms with van der Waals surface area (Å²) in [6.07, 6.45) is 6.91. The molecule has 6 unspecified atom stereocenters. The Morgan fingerprint density at radius 2 is 0.870 bits per heavy atom. The Bertz CT molecular complexity index is 302. The van der Waals surface area contributed by atoms with Crippen LogP contribution < -0.4 is 31.9 Å². The third-order valence-electron chi connectivity index (χ3n) is 6.16. The molecule has 6 atom stereocenters. The van der Waals surface area contributed by atoms with Gasteiger partial charge in [-0.05, 0) is 32.1 Å². The fourth-order valence-corrected chi connectivity index (χ4v) is 4.67. The zero-order valence-corrected chi connectivity index (χ0v) is 14.2. The molecule has 0 aromatic heterocycles. The van der Waals surface area contributed by atoms with E-state index in [1.807, 2.05) is 0 Å². The van der Waals surface area contributed by atoms with Crippen LogP contribution in [0.1, 0.15) is 32.1 Å². The van der Waals surface area contributed by atoms with Gasteiger partial charge in [-0.1, -0.05) is 0 Å². The van der Waals surface area contributed by atoms with Crippen LogP contribution in [0.25, 0.3) is 0 Å². The van der Waals surface area contributed by atoms with Crippen molar-refractivity contribution in [2.45, 2.75) is 68.4 Å². The molecule has 7 fully saturated rings. The average molecular weight is 323 g/mol. The predicted octanol–water partition coefficient (Wildman–Crippen LogP) is -1.26. The van der Waals surface area contributed by atoms with E-state index in [2.05, 4.69) is 31.9 Å². The highest BCUT2D eigenvalue weighted by atomic mass is 15.1. The molecule has 0 radical (unpaired) electrons. The zero-order valence-electron chi connectivity index (χ0n) is 14.2. The quantitative estimate of drug-likeness (QED) is 0.335. The van der Waals surface area contributed by atoms with E-state index in [0.29, 0.717) is 0 Å². The van der Waals surface area contributed by atoms with Crippen LogP contribution in [-0.2, 0) is 0 Å². The highest BCUT2D eigenvalue weighted by Gasteiger charge is 2.29. The molecule has 0 amide bonds. The fraction of sp³-hybridized carbons (Fsp3) is 1.00. The monoisotopic (exact) mass is 322 g/mol. The Hall–Kier alpha value is -0.240. The summed E-state index contributed by atoms with van der Waals surface area (Å²) in [5.41, 5.74) is 0. The smallest absolute Gasteiger partial charge is 0.0208 e. The van der Waals surface area contributed by atoms with Crippen molar-refractivity contribution < 1.29 is 0 Å². The number of fused-ring (bicyclic) bond motifs is 7. The maximum atomic E-state index is 3.53. The van der Waals surface area contributed by atoms with E-state index in [1.165, 1.54) is 71.4 Å².